The van der Waals surface area contributed by atoms with Crippen molar-refractivity contribution < 1.29 is 14.3 Å². The van der Waals surface area contributed by atoms with Crippen LogP contribution < -0.4 is 0 Å². The Hall–Kier alpha value is 0.890. The number of hydrogen-bond donors (Lipinski definition) is 2. The molecule has 0 aromatic rings. The van der Waals surface area contributed by atoms with Crippen molar-refractivity contribution in [3.63, 3.8) is 0 Å². The maximum atomic E-state index is 8.45. The molecule has 0 aromatic carbocycles. The van der Waals surface area contributed by atoms with Crippen LogP contribution in [0.3, 0.4) is 0 Å². The maximum Gasteiger partial charge on any atom is 0.328 e. The van der Waals surface area contributed by atoms with Crippen LogP contribution in [-0.4, -0.2) is 21.2 Å². The molecule has 2 N–H and O–H groups in total. The summed E-state index contributed by atoms with van der Waals surface area (Å²) in [4.78, 5) is 16.9. The van der Waals surface area contributed by atoms with Crippen LogP contribution in [0.2, 0.25) is 0 Å². The van der Waals surface area contributed by atoms with E-state index < -0.39 is 19.6 Å². The van der Waals surface area contributed by atoms with E-state index >= 15 is 0 Å². The van der Waals surface area contributed by atoms with Gasteiger partial charge >= 0.3 is 8.60 Å². The molecule has 0 aliphatic carbocycles. The van der Waals surface area contributed by atoms with E-state index in [9.17, 15) is 0 Å². The van der Waals surface area contributed by atoms with Gasteiger partial charge in [-0.2, -0.15) is 0 Å². The Bertz CT molecular complexity index is 120. The number of halogens is 2. The highest BCUT2D eigenvalue weighted by molar-refractivity contribution is 7.39. The van der Waals surface area contributed by atoms with Crippen molar-refractivity contribution in [2.75, 3.05) is 5.88 Å². The normalized spacial score (nSPS) is 15.5. The zero-order valence-corrected chi connectivity index (χ0v) is 8.70. The second-order valence-electron chi connectivity index (χ2n) is 2.80. The largest absolute Gasteiger partial charge is 0.328 e. The Morgan fingerprint density at radius 1 is 1.55 bits per heavy atom. The molecule has 0 aliphatic heterocycles. The average molecular weight is 221 g/mol. The predicted octanol–water partition coefficient (Wildman–Crippen LogP) is 2.04. The number of rotatable bonds is 4. The van der Waals surface area contributed by atoms with Gasteiger partial charge in [-0.3, -0.25) is 4.52 Å². The minimum Gasteiger partial charge on any atom is -0.328 e. The first-order chi connectivity index (χ1) is 4.90. The van der Waals surface area contributed by atoms with Crippen LogP contribution in [0.25, 0.3) is 0 Å². The molecule has 6 heteroatoms. The van der Waals surface area contributed by atoms with Crippen LogP contribution in [0.5, 0.6) is 0 Å². The van der Waals surface area contributed by atoms with Gasteiger partial charge in [0.05, 0.1) is 0 Å². The van der Waals surface area contributed by atoms with Gasteiger partial charge in [-0.25, -0.2) is 0 Å². The lowest BCUT2D eigenvalue weighted by Crippen LogP contribution is -2.27. The van der Waals surface area contributed by atoms with E-state index in [4.69, 9.17) is 33.0 Å². The third-order valence-electron chi connectivity index (χ3n) is 1.15. The maximum absolute atomic E-state index is 8.45. The van der Waals surface area contributed by atoms with Crippen LogP contribution in [0.1, 0.15) is 13.8 Å². The van der Waals surface area contributed by atoms with E-state index in [0.29, 0.717) is 5.88 Å². The van der Waals surface area contributed by atoms with E-state index in [1.54, 1.807) is 13.8 Å². The molecule has 11 heavy (non-hydrogen) atoms. The predicted molar refractivity (Wildman–Crippen MR) is 46.6 cm³/mol. The molecule has 0 saturated heterocycles. The fourth-order valence-corrected chi connectivity index (χ4v) is 1.25. The summed E-state index contributed by atoms with van der Waals surface area (Å²) >= 11 is 11.2. The van der Waals surface area contributed by atoms with Crippen molar-refractivity contribution in [1.82, 2.24) is 0 Å². The highest BCUT2D eigenvalue weighted by atomic mass is 35.5. The van der Waals surface area contributed by atoms with E-state index in [1.807, 2.05) is 0 Å². The fraction of sp³-hybridized carbons (Fsp3) is 1.00. The molecule has 0 bridgehead atoms. The van der Waals surface area contributed by atoms with Crippen molar-refractivity contribution in [1.29, 1.82) is 0 Å². The zero-order valence-electron chi connectivity index (χ0n) is 6.29. The molecule has 0 heterocycles. The lowest BCUT2D eigenvalue weighted by atomic mass is 9.98. The highest BCUT2D eigenvalue weighted by Crippen LogP contribution is 2.37. The molecule has 0 amide bonds. The lowest BCUT2D eigenvalue weighted by molar-refractivity contribution is 0.140. The van der Waals surface area contributed by atoms with Gasteiger partial charge in [0.15, 0.2) is 0 Å². The minimum atomic E-state index is -2.40. The van der Waals surface area contributed by atoms with E-state index in [2.05, 4.69) is 4.52 Å². The van der Waals surface area contributed by atoms with Crippen molar-refractivity contribution in [3.05, 3.63) is 0 Å². The molecule has 0 rings (SSSR count). The molecule has 68 valence electrons. The van der Waals surface area contributed by atoms with Gasteiger partial charge in [-0.15, -0.1) is 11.6 Å². The van der Waals surface area contributed by atoms with Gasteiger partial charge in [0.2, 0.25) is 0 Å². The van der Waals surface area contributed by atoms with Crippen LogP contribution in [0.4, 0.5) is 0 Å². The SMILES string of the molecule is CC(C)(CCl)C(Cl)OP(O)O. The van der Waals surface area contributed by atoms with Crippen molar-refractivity contribution >= 4 is 31.8 Å². The molecule has 0 radical (unpaired) electrons. The van der Waals surface area contributed by atoms with Gasteiger partial charge in [0.25, 0.3) is 0 Å². The molecule has 3 nitrogen and oxygen atoms in total. The second kappa shape index (κ2) is 4.80. The quantitative estimate of drug-likeness (QED) is 0.564. The van der Waals surface area contributed by atoms with Crippen LogP contribution >= 0.6 is 31.8 Å². The summed E-state index contributed by atoms with van der Waals surface area (Å²) in [6.45, 7) is 3.55. The topological polar surface area (TPSA) is 49.7 Å². The lowest BCUT2D eigenvalue weighted by Gasteiger charge is -2.26. The Balaban J connectivity index is 3.90. The fourth-order valence-electron chi connectivity index (χ4n) is 0.286. The van der Waals surface area contributed by atoms with Crippen LogP contribution in [0, 0.1) is 5.41 Å². The summed E-state index contributed by atoms with van der Waals surface area (Å²) in [6, 6.07) is 0. The second-order valence-corrected chi connectivity index (χ2v) is 4.18. The van der Waals surface area contributed by atoms with E-state index in [-0.39, 0.29) is 0 Å². The molecule has 0 fully saturated rings. The van der Waals surface area contributed by atoms with Crippen molar-refractivity contribution in [3.8, 4) is 0 Å². The van der Waals surface area contributed by atoms with Gasteiger partial charge < -0.3 is 9.79 Å². The first-order valence-electron chi connectivity index (χ1n) is 2.95. The summed E-state index contributed by atoms with van der Waals surface area (Å²) in [6.07, 6.45) is 0. The molecule has 1 unspecified atom stereocenters. The van der Waals surface area contributed by atoms with Crippen LogP contribution in [0.15, 0.2) is 0 Å². The van der Waals surface area contributed by atoms with Crippen molar-refractivity contribution in [2.45, 2.75) is 19.4 Å². The molecule has 0 aromatic heterocycles. The zero-order chi connectivity index (χ0) is 9.07. The van der Waals surface area contributed by atoms with E-state index in [0.717, 1.165) is 0 Å². The summed E-state index contributed by atoms with van der Waals surface area (Å²) in [5.41, 5.74) is -1.24. The first kappa shape index (κ1) is 11.9. The van der Waals surface area contributed by atoms with E-state index in [1.165, 1.54) is 0 Å². The smallest absolute Gasteiger partial charge is 0.328 e. The molecular formula is C5H11Cl2O3P. The molecule has 1 atom stereocenters. The summed E-state index contributed by atoms with van der Waals surface area (Å²) in [5, 5.41) is 0. The molecule has 0 saturated carbocycles. The van der Waals surface area contributed by atoms with Crippen LogP contribution in [-0.2, 0) is 4.52 Å². The standard InChI is InChI=1S/C5H11Cl2O3P/c1-5(2,3-6)4(7)10-11(8)9/h4,8-9H,3H2,1-2H3. The van der Waals surface area contributed by atoms with Gasteiger partial charge in [-0.05, 0) is 0 Å². The van der Waals surface area contributed by atoms with Gasteiger partial charge in [0, 0.05) is 11.3 Å². The van der Waals surface area contributed by atoms with Gasteiger partial charge in [0.1, 0.15) is 5.56 Å². The number of hydrogen-bond acceptors (Lipinski definition) is 3. The molecule has 0 spiro atoms. The first-order valence-corrected chi connectivity index (χ1v) is 5.08. The Morgan fingerprint density at radius 2 is 2.00 bits per heavy atom. The highest BCUT2D eigenvalue weighted by Gasteiger charge is 2.29. The third-order valence-corrected chi connectivity index (χ3v) is 3.04. The molecule has 0 aliphatic rings. The summed E-state index contributed by atoms with van der Waals surface area (Å²) in [5.74, 6) is 0.296. The Labute approximate surface area is 77.3 Å². The Morgan fingerprint density at radius 3 is 2.27 bits per heavy atom. The summed E-state index contributed by atoms with van der Waals surface area (Å²) in [7, 11) is -2.40. The van der Waals surface area contributed by atoms with Crippen molar-refractivity contribution in [2.24, 2.45) is 5.41 Å². The molecular weight excluding hydrogens is 210 g/mol. The minimum absolute atomic E-state index is 0.296. The average Bonchev–Trinajstić information content (AvgIpc) is 1.86. The summed E-state index contributed by atoms with van der Waals surface area (Å²) < 4.78 is 4.56. The monoisotopic (exact) mass is 220 g/mol. The van der Waals surface area contributed by atoms with Gasteiger partial charge in [-0.1, -0.05) is 25.4 Å². The third kappa shape index (κ3) is 4.46. The number of alkyl halides is 2. The Kier molecular flexibility index (Phi) is 5.19.